The van der Waals surface area contributed by atoms with Crippen molar-refractivity contribution in [2.24, 2.45) is 5.73 Å². The Morgan fingerprint density at radius 1 is 1.11 bits per heavy atom. The third kappa shape index (κ3) is 3.57. The second kappa shape index (κ2) is 6.17. The lowest BCUT2D eigenvalue weighted by Crippen LogP contribution is -2.25. The van der Waals surface area contributed by atoms with Crippen molar-refractivity contribution in [3.8, 4) is 5.75 Å². The molecule has 0 bridgehead atoms. The molecule has 18 heavy (non-hydrogen) atoms. The number of methoxy groups -OCH3 is 1. The van der Waals surface area contributed by atoms with Gasteiger partial charge in [-0.15, -0.1) is 0 Å². The fourth-order valence-corrected chi connectivity index (χ4v) is 2.00. The first-order valence-corrected chi connectivity index (χ1v) is 6.05. The van der Waals surface area contributed by atoms with Crippen LogP contribution in [0.4, 0.5) is 0 Å². The Morgan fingerprint density at radius 3 is 2.56 bits per heavy atom. The predicted octanol–water partition coefficient (Wildman–Crippen LogP) is 2.20. The molecule has 3 heteroatoms. The molecule has 94 valence electrons. The number of pyridine rings is 1. The van der Waals surface area contributed by atoms with Gasteiger partial charge in [0.2, 0.25) is 0 Å². The molecule has 3 nitrogen and oxygen atoms in total. The van der Waals surface area contributed by atoms with Gasteiger partial charge in [-0.05, 0) is 48.2 Å². The molecule has 0 amide bonds. The number of nitrogens with two attached hydrogens (primary N) is 1. The summed E-state index contributed by atoms with van der Waals surface area (Å²) >= 11 is 0. The molecule has 0 saturated carbocycles. The van der Waals surface area contributed by atoms with Gasteiger partial charge in [-0.25, -0.2) is 0 Å². The van der Waals surface area contributed by atoms with Crippen molar-refractivity contribution in [1.29, 1.82) is 0 Å². The Labute approximate surface area is 108 Å². The van der Waals surface area contributed by atoms with Crippen LogP contribution in [-0.2, 0) is 12.8 Å². The van der Waals surface area contributed by atoms with Gasteiger partial charge in [0.05, 0.1) is 7.11 Å². The highest BCUT2D eigenvalue weighted by Crippen LogP contribution is 2.14. The SMILES string of the molecule is COc1cccc(CC(N)Cc2ccncc2)c1. The Bertz CT molecular complexity index is 485. The third-order valence-electron chi connectivity index (χ3n) is 2.88. The van der Waals surface area contributed by atoms with Crippen molar-refractivity contribution >= 4 is 0 Å². The van der Waals surface area contributed by atoms with E-state index in [9.17, 15) is 0 Å². The summed E-state index contributed by atoms with van der Waals surface area (Å²) < 4.78 is 5.21. The lowest BCUT2D eigenvalue weighted by atomic mass is 10.0. The number of aromatic nitrogens is 1. The number of hydrogen-bond donors (Lipinski definition) is 1. The van der Waals surface area contributed by atoms with Crippen molar-refractivity contribution in [2.45, 2.75) is 18.9 Å². The largest absolute Gasteiger partial charge is 0.497 e. The lowest BCUT2D eigenvalue weighted by molar-refractivity contribution is 0.414. The molecule has 1 heterocycles. The molecule has 0 aliphatic heterocycles. The Balaban J connectivity index is 1.96. The minimum absolute atomic E-state index is 0.111. The number of nitrogens with zero attached hydrogens (tertiary/aromatic N) is 1. The maximum atomic E-state index is 6.17. The molecule has 1 aromatic carbocycles. The number of rotatable bonds is 5. The van der Waals surface area contributed by atoms with Crippen LogP contribution in [-0.4, -0.2) is 18.1 Å². The first-order valence-electron chi connectivity index (χ1n) is 6.05. The second-order valence-electron chi connectivity index (χ2n) is 4.38. The molecular weight excluding hydrogens is 224 g/mol. The lowest BCUT2D eigenvalue weighted by Gasteiger charge is -2.12. The number of benzene rings is 1. The first kappa shape index (κ1) is 12.6. The Morgan fingerprint density at radius 2 is 1.83 bits per heavy atom. The van der Waals surface area contributed by atoms with Gasteiger partial charge in [-0.1, -0.05) is 12.1 Å². The molecule has 1 aromatic heterocycles. The van der Waals surface area contributed by atoms with Gasteiger partial charge in [-0.2, -0.15) is 0 Å². The van der Waals surface area contributed by atoms with Gasteiger partial charge in [0.25, 0.3) is 0 Å². The van der Waals surface area contributed by atoms with Gasteiger partial charge >= 0.3 is 0 Å². The Hall–Kier alpha value is -1.87. The fourth-order valence-electron chi connectivity index (χ4n) is 2.00. The molecule has 0 aliphatic carbocycles. The molecule has 1 atom stereocenters. The normalized spacial score (nSPS) is 12.1. The van der Waals surface area contributed by atoms with E-state index in [1.165, 1.54) is 11.1 Å². The monoisotopic (exact) mass is 242 g/mol. The second-order valence-corrected chi connectivity index (χ2v) is 4.38. The molecule has 0 aliphatic rings. The van der Waals surface area contributed by atoms with Crippen molar-refractivity contribution in [3.05, 3.63) is 59.9 Å². The highest BCUT2D eigenvalue weighted by Gasteiger charge is 2.06. The molecular formula is C15H18N2O. The topological polar surface area (TPSA) is 48.1 Å². The van der Waals surface area contributed by atoms with E-state index in [1.54, 1.807) is 19.5 Å². The smallest absolute Gasteiger partial charge is 0.119 e. The minimum atomic E-state index is 0.111. The summed E-state index contributed by atoms with van der Waals surface area (Å²) in [5, 5.41) is 0. The number of hydrogen-bond acceptors (Lipinski definition) is 3. The van der Waals surface area contributed by atoms with Gasteiger partial charge in [0.15, 0.2) is 0 Å². The van der Waals surface area contributed by atoms with Gasteiger partial charge in [0.1, 0.15) is 5.75 Å². The average Bonchev–Trinajstić information content (AvgIpc) is 2.40. The maximum Gasteiger partial charge on any atom is 0.119 e. The van der Waals surface area contributed by atoms with E-state index in [0.29, 0.717) is 0 Å². The van der Waals surface area contributed by atoms with E-state index >= 15 is 0 Å². The summed E-state index contributed by atoms with van der Waals surface area (Å²) in [5.74, 6) is 0.878. The molecule has 0 saturated heterocycles. The molecule has 2 rings (SSSR count). The van der Waals surface area contributed by atoms with Crippen molar-refractivity contribution < 1.29 is 4.74 Å². The minimum Gasteiger partial charge on any atom is -0.497 e. The zero-order valence-corrected chi connectivity index (χ0v) is 10.5. The van der Waals surface area contributed by atoms with Crippen LogP contribution in [0.15, 0.2) is 48.8 Å². The van der Waals surface area contributed by atoms with E-state index in [2.05, 4.69) is 11.1 Å². The van der Waals surface area contributed by atoms with E-state index < -0.39 is 0 Å². The highest BCUT2D eigenvalue weighted by atomic mass is 16.5. The summed E-state index contributed by atoms with van der Waals surface area (Å²) in [5.41, 5.74) is 8.60. The maximum absolute atomic E-state index is 6.17. The molecule has 0 radical (unpaired) electrons. The van der Waals surface area contributed by atoms with Crippen LogP contribution in [0, 0.1) is 0 Å². The Kier molecular flexibility index (Phi) is 4.31. The summed E-state index contributed by atoms with van der Waals surface area (Å²) in [7, 11) is 1.68. The van der Waals surface area contributed by atoms with Crippen LogP contribution in [0.25, 0.3) is 0 Å². The van der Waals surface area contributed by atoms with Gasteiger partial charge in [-0.3, -0.25) is 4.98 Å². The summed E-state index contributed by atoms with van der Waals surface area (Å²) in [6.07, 6.45) is 5.31. The van der Waals surface area contributed by atoms with Crippen LogP contribution in [0.3, 0.4) is 0 Å². The molecule has 1 unspecified atom stereocenters. The van der Waals surface area contributed by atoms with Crippen LogP contribution < -0.4 is 10.5 Å². The summed E-state index contributed by atoms with van der Waals surface area (Å²) in [4.78, 5) is 4.00. The molecule has 0 spiro atoms. The van der Waals surface area contributed by atoms with Crippen LogP contribution in [0.2, 0.25) is 0 Å². The van der Waals surface area contributed by atoms with Crippen LogP contribution >= 0.6 is 0 Å². The first-order chi connectivity index (χ1) is 8.78. The van der Waals surface area contributed by atoms with Crippen LogP contribution in [0.1, 0.15) is 11.1 Å². The molecule has 0 fully saturated rings. The van der Waals surface area contributed by atoms with Crippen LogP contribution in [0.5, 0.6) is 5.75 Å². The molecule has 2 N–H and O–H groups in total. The summed E-state index contributed by atoms with van der Waals surface area (Å²) in [6, 6.07) is 12.2. The molecule has 2 aromatic rings. The fraction of sp³-hybridized carbons (Fsp3) is 0.267. The third-order valence-corrected chi connectivity index (χ3v) is 2.88. The van der Waals surface area contributed by atoms with Gasteiger partial charge < -0.3 is 10.5 Å². The highest BCUT2D eigenvalue weighted by molar-refractivity contribution is 5.29. The standard InChI is InChI=1S/C15H18N2O/c1-18-15-4-2-3-13(11-15)10-14(16)9-12-5-7-17-8-6-12/h2-8,11,14H,9-10,16H2,1H3. The quantitative estimate of drug-likeness (QED) is 0.874. The predicted molar refractivity (Wildman–Crippen MR) is 72.6 cm³/mol. The van der Waals surface area contributed by atoms with E-state index in [4.69, 9.17) is 10.5 Å². The average molecular weight is 242 g/mol. The van der Waals surface area contributed by atoms with E-state index in [-0.39, 0.29) is 6.04 Å². The zero-order valence-electron chi connectivity index (χ0n) is 10.5. The van der Waals surface area contributed by atoms with E-state index in [0.717, 1.165) is 18.6 Å². The summed E-state index contributed by atoms with van der Waals surface area (Å²) in [6.45, 7) is 0. The van der Waals surface area contributed by atoms with E-state index in [1.807, 2.05) is 30.3 Å². The zero-order chi connectivity index (χ0) is 12.8. The number of ether oxygens (including phenoxy) is 1. The van der Waals surface area contributed by atoms with Crippen molar-refractivity contribution in [3.63, 3.8) is 0 Å². The van der Waals surface area contributed by atoms with Crippen molar-refractivity contribution in [1.82, 2.24) is 4.98 Å². The van der Waals surface area contributed by atoms with Crippen molar-refractivity contribution in [2.75, 3.05) is 7.11 Å². The van der Waals surface area contributed by atoms with Gasteiger partial charge in [0, 0.05) is 18.4 Å².